The van der Waals surface area contributed by atoms with Crippen molar-refractivity contribution in [1.82, 2.24) is 5.09 Å². The Balaban J connectivity index is 1.96. The van der Waals surface area contributed by atoms with Crippen LogP contribution in [0.15, 0.2) is 60.7 Å². The molecule has 254 valence electrons. The summed E-state index contributed by atoms with van der Waals surface area (Å²) in [7, 11) is 0. The predicted octanol–water partition coefficient (Wildman–Crippen LogP) is 12.4. The Morgan fingerprint density at radius 3 is 1.56 bits per heavy atom. The van der Waals surface area contributed by atoms with Gasteiger partial charge in [-0.1, -0.05) is 165 Å². The number of carbonyl (C=O) groups is 1. The Morgan fingerprint density at radius 1 is 0.667 bits per heavy atom. The summed E-state index contributed by atoms with van der Waals surface area (Å²) in [5, 5.41) is 2.83. The second-order valence-corrected chi connectivity index (χ2v) is 15.3. The number of ether oxygens (including phenoxy) is 1. The van der Waals surface area contributed by atoms with Crippen molar-refractivity contribution < 1.29 is 18.6 Å². The van der Waals surface area contributed by atoms with Crippen molar-refractivity contribution in [2.75, 3.05) is 0 Å². The summed E-state index contributed by atoms with van der Waals surface area (Å²) in [5.74, 6) is -0.0444. The minimum atomic E-state index is -3.87. The van der Waals surface area contributed by atoms with E-state index in [0.717, 1.165) is 44.1 Å². The van der Waals surface area contributed by atoms with Gasteiger partial charge in [0.05, 0.1) is 0 Å². The van der Waals surface area contributed by atoms with Gasteiger partial charge in [-0.2, -0.15) is 0 Å². The van der Waals surface area contributed by atoms with Gasteiger partial charge < -0.3 is 9.26 Å². The molecule has 0 saturated heterocycles. The van der Waals surface area contributed by atoms with Crippen LogP contribution in [0.5, 0.6) is 5.75 Å². The molecule has 0 aliphatic rings. The van der Waals surface area contributed by atoms with Gasteiger partial charge in [-0.3, -0.25) is 4.79 Å². The van der Waals surface area contributed by atoms with E-state index in [1.54, 1.807) is 24.3 Å². The average molecular weight is 662 g/mol. The molecular weight excluding hydrogens is 601 g/mol. The van der Waals surface area contributed by atoms with Crippen LogP contribution < -0.4 is 9.61 Å². The summed E-state index contributed by atoms with van der Waals surface area (Å²) >= 11 is 6.37. The molecule has 0 saturated carbocycles. The maximum atomic E-state index is 13.7. The Bertz CT molecular complexity index is 1020. The molecule has 0 spiro atoms. The maximum Gasteiger partial charge on any atom is 0.409 e. The number of hydrogen-bond acceptors (Lipinski definition) is 4. The largest absolute Gasteiger partial charge is 0.461 e. The number of halogens is 1. The monoisotopic (exact) mass is 661 g/mol. The van der Waals surface area contributed by atoms with Crippen molar-refractivity contribution in [2.45, 2.75) is 161 Å². The molecule has 1 N–H and O–H groups in total. The van der Waals surface area contributed by atoms with Gasteiger partial charge in [-0.05, 0) is 49.8 Å². The Hall–Kier alpha value is -1.81. The number of nitrogens with one attached hydrogen (secondary N) is 1. The second-order valence-electron chi connectivity index (χ2n) is 12.5. The molecule has 0 bridgehead atoms. The highest BCUT2D eigenvalue weighted by atomic mass is 35.7. The van der Waals surface area contributed by atoms with E-state index in [-0.39, 0.29) is 6.10 Å². The molecule has 2 rings (SSSR count). The molecule has 0 aliphatic carbocycles. The molecular formula is C38H61ClNO4P. The lowest BCUT2D eigenvalue weighted by molar-refractivity contribution is -0.152. The fraction of sp³-hybridized carbons (Fsp3) is 0.658. The van der Waals surface area contributed by atoms with Gasteiger partial charge in [0, 0.05) is 11.2 Å². The molecule has 2 aromatic rings. The molecule has 2 aromatic carbocycles. The molecule has 0 aliphatic heterocycles. The number of carbonyl (C=O) groups excluding carboxylic acids is 1. The molecule has 7 heteroatoms. The van der Waals surface area contributed by atoms with E-state index >= 15 is 0 Å². The lowest BCUT2D eigenvalue weighted by Gasteiger charge is -2.25. The summed E-state index contributed by atoms with van der Waals surface area (Å²) < 4.78 is 25.1. The van der Waals surface area contributed by atoms with Crippen molar-refractivity contribution in [3.63, 3.8) is 0 Å². The van der Waals surface area contributed by atoms with E-state index in [4.69, 9.17) is 20.5 Å². The van der Waals surface area contributed by atoms with Crippen LogP contribution in [0.2, 0.25) is 0 Å². The van der Waals surface area contributed by atoms with Crippen LogP contribution >= 0.6 is 18.1 Å². The molecule has 0 amide bonds. The van der Waals surface area contributed by atoms with Crippen LogP contribution in [-0.2, 0) is 20.5 Å². The SMILES string of the molecule is CCCCCCCCCCCC(CCCCCCCCCCC)OC(=O)[C@H](Cc1ccccc1)NP(=O)(Cl)Oc1ccccc1. The quantitative estimate of drug-likeness (QED) is 0.0558. The van der Waals surface area contributed by atoms with Crippen LogP contribution in [0.4, 0.5) is 0 Å². The van der Waals surface area contributed by atoms with E-state index in [0.29, 0.717) is 12.2 Å². The zero-order chi connectivity index (χ0) is 32.4. The number of para-hydroxylation sites is 1. The minimum Gasteiger partial charge on any atom is -0.461 e. The molecule has 0 aromatic heterocycles. The van der Waals surface area contributed by atoms with Crippen LogP contribution in [0.1, 0.15) is 148 Å². The van der Waals surface area contributed by atoms with Crippen molar-refractivity contribution in [3.05, 3.63) is 66.2 Å². The minimum absolute atomic E-state index is 0.156. The highest BCUT2D eigenvalue weighted by Crippen LogP contribution is 2.48. The lowest BCUT2D eigenvalue weighted by Crippen LogP contribution is -2.39. The van der Waals surface area contributed by atoms with Crippen LogP contribution in [0, 0.1) is 0 Å². The van der Waals surface area contributed by atoms with E-state index < -0.39 is 18.9 Å². The van der Waals surface area contributed by atoms with Crippen LogP contribution in [-0.4, -0.2) is 18.1 Å². The van der Waals surface area contributed by atoms with Gasteiger partial charge in [-0.15, -0.1) is 0 Å². The summed E-state index contributed by atoms with van der Waals surface area (Å²) in [5.41, 5.74) is 0.928. The molecule has 2 atom stereocenters. The first-order valence-corrected chi connectivity index (χ1v) is 20.5. The Kier molecular flexibility index (Phi) is 22.1. The highest BCUT2D eigenvalue weighted by molar-refractivity contribution is 7.84. The first-order chi connectivity index (χ1) is 21.9. The van der Waals surface area contributed by atoms with Crippen molar-refractivity contribution >= 4 is 24.1 Å². The van der Waals surface area contributed by atoms with Crippen LogP contribution in [0.25, 0.3) is 0 Å². The molecule has 0 heterocycles. The van der Waals surface area contributed by atoms with Gasteiger partial charge in [0.1, 0.15) is 17.9 Å². The van der Waals surface area contributed by atoms with Gasteiger partial charge in [0.15, 0.2) is 0 Å². The topological polar surface area (TPSA) is 64.6 Å². The fourth-order valence-electron chi connectivity index (χ4n) is 5.73. The third kappa shape index (κ3) is 20.1. The number of rotatable bonds is 28. The average Bonchev–Trinajstić information content (AvgIpc) is 3.03. The summed E-state index contributed by atoms with van der Waals surface area (Å²) in [6, 6.07) is 17.6. The summed E-state index contributed by atoms with van der Waals surface area (Å²) in [4.78, 5) is 13.7. The number of hydrogen-bond donors (Lipinski definition) is 1. The molecule has 0 radical (unpaired) electrons. The summed E-state index contributed by atoms with van der Waals surface area (Å²) in [6.45, 7) is 0.637. The van der Waals surface area contributed by atoms with E-state index in [1.807, 2.05) is 36.4 Å². The maximum absolute atomic E-state index is 13.7. The normalized spacial score (nSPS) is 13.4. The van der Waals surface area contributed by atoms with Gasteiger partial charge in [0.25, 0.3) is 0 Å². The van der Waals surface area contributed by atoms with Crippen molar-refractivity contribution in [1.29, 1.82) is 0 Å². The summed E-state index contributed by atoms with van der Waals surface area (Å²) in [6.07, 6.45) is 24.5. The Labute approximate surface area is 279 Å². The smallest absolute Gasteiger partial charge is 0.409 e. The highest BCUT2D eigenvalue weighted by Gasteiger charge is 2.32. The molecule has 0 fully saturated rings. The molecule has 1 unspecified atom stereocenters. The number of esters is 1. The lowest BCUT2D eigenvalue weighted by atomic mass is 10.0. The second kappa shape index (κ2) is 25.3. The standard InChI is InChI=1S/C38H61ClNO4P/c1-3-5-7-9-11-13-15-17-23-29-35(30-24-18-16-14-12-10-8-6-4-2)43-38(41)37(33-34-27-21-19-22-28-34)40-45(39,42)44-36-31-25-20-26-32-36/h19-22,25-28,31-32,35,37H,3-18,23-24,29-30,33H2,1-2H3,(H,40,42)/t37-,45?/m0/s1. The zero-order valence-corrected chi connectivity index (χ0v) is 29.9. The Morgan fingerprint density at radius 2 is 1.09 bits per heavy atom. The van der Waals surface area contributed by atoms with Gasteiger partial charge >= 0.3 is 12.8 Å². The van der Waals surface area contributed by atoms with E-state index in [2.05, 4.69) is 18.9 Å². The number of benzene rings is 2. The van der Waals surface area contributed by atoms with E-state index in [9.17, 15) is 9.36 Å². The van der Waals surface area contributed by atoms with E-state index in [1.165, 1.54) is 89.9 Å². The third-order valence-electron chi connectivity index (χ3n) is 8.39. The molecule has 45 heavy (non-hydrogen) atoms. The first-order valence-electron chi connectivity index (χ1n) is 18.0. The predicted molar refractivity (Wildman–Crippen MR) is 191 cm³/mol. The fourth-order valence-corrected chi connectivity index (χ4v) is 7.34. The number of unbranched alkanes of at least 4 members (excludes halogenated alkanes) is 16. The van der Waals surface area contributed by atoms with Crippen molar-refractivity contribution in [2.24, 2.45) is 0 Å². The van der Waals surface area contributed by atoms with Gasteiger partial charge in [0.2, 0.25) is 0 Å². The van der Waals surface area contributed by atoms with Crippen molar-refractivity contribution in [3.8, 4) is 5.75 Å². The zero-order valence-electron chi connectivity index (χ0n) is 28.2. The third-order valence-corrected chi connectivity index (χ3v) is 9.95. The van der Waals surface area contributed by atoms with Gasteiger partial charge in [-0.25, -0.2) is 9.65 Å². The van der Waals surface area contributed by atoms with Crippen LogP contribution in [0.3, 0.4) is 0 Å². The first kappa shape index (κ1) is 39.4. The molecule has 5 nitrogen and oxygen atoms in total.